The van der Waals surface area contributed by atoms with Gasteiger partial charge in [-0.05, 0) is 45.7 Å². The number of hydrogen-bond acceptors (Lipinski definition) is 3. The smallest absolute Gasteiger partial charge is 0.410 e. The molecule has 1 N–H and O–H groups in total. The Kier molecular flexibility index (Phi) is 7.96. The van der Waals surface area contributed by atoms with Crippen molar-refractivity contribution < 1.29 is 9.53 Å². The zero-order chi connectivity index (χ0) is 15.8. The topological polar surface area (TPSA) is 56.6 Å². The van der Waals surface area contributed by atoms with Crippen molar-refractivity contribution in [2.75, 3.05) is 20.1 Å². The summed E-state index contributed by atoms with van der Waals surface area (Å²) in [5.41, 5.74) is -0.377. The number of nitrogens with one attached hydrogen (secondary N) is 1. The van der Waals surface area contributed by atoms with Gasteiger partial charge in [-0.25, -0.2) is 4.79 Å². The molecule has 0 saturated carbocycles. The van der Waals surface area contributed by atoms with Gasteiger partial charge in [-0.2, -0.15) is 0 Å². The molecule has 1 fully saturated rings. The minimum atomic E-state index is -0.377. The van der Waals surface area contributed by atoms with E-state index in [0.29, 0.717) is 5.92 Å². The van der Waals surface area contributed by atoms with Crippen molar-refractivity contribution in [1.29, 1.82) is 5.41 Å². The Balaban J connectivity index is 0.000000511. The second kappa shape index (κ2) is 8.61. The van der Waals surface area contributed by atoms with Crippen molar-refractivity contribution in [3.63, 3.8) is 0 Å². The lowest BCUT2D eigenvalue weighted by molar-refractivity contribution is 0.0174. The molecule has 0 aromatic carbocycles. The van der Waals surface area contributed by atoms with Gasteiger partial charge in [-0.3, -0.25) is 5.41 Å². The number of nitrogens with zero attached hydrogens (tertiary/aromatic N) is 2. The highest BCUT2D eigenvalue weighted by Gasteiger charge is 2.25. The highest BCUT2D eigenvalue weighted by atomic mass is 16.6. The van der Waals surface area contributed by atoms with Crippen LogP contribution in [0.15, 0.2) is 12.8 Å². The summed E-state index contributed by atoms with van der Waals surface area (Å²) >= 11 is 0. The van der Waals surface area contributed by atoms with Crippen molar-refractivity contribution in [3.8, 4) is 0 Å². The maximum Gasteiger partial charge on any atom is 0.410 e. The molecule has 1 aliphatic rings. The summed E-state index contributed by atoms with van der Waals surface area (Å²) in [5, 5.41) is 6.54. The molecule has 0 aromatic rings. The molecule has 1 saturated heterocycles. The van der Waals surface area contributed by atoms with Gasteiger partial charge in [0.15, 0.2) is 0 Å². The second-order valence-electron chi connectivity index (χ2n) is 6.15. The largest absolute Gasteiger partial charge is 0.444 e. The van der Waals surface area contributed by atoms with Crippen molar-refractivity contribution in [2.45, 2.75) is 46.1 Å². The van der Waals surface area contributed by atoms with Crippen LogP contribution in [0.4, 0.5) is 4.79 Å². The van der Waals surface area contributed by atoms with E-state index < -0.39 is 0 Å². The van der Waals surface area contributed by atoms with Gasteiger partial charge < -0.3 is 14.5 Å². The number of carbonyl (C=O) groups is 1. The molecular formula is C15H29N3O2. The van der Waals surface area contributed by atoms with Crippen LogP contribution < -0.4 is 0 Å². The number of carbonyl (C=O) groups excluding carboxylic acids is 1. The molecule has 1 unspecified atom stereocenters. The van der Waals surface area contributed by atoms with Crippen LogP contribution in [0.25, 0.3) is 0 Å². The fourth-order valence-corrected chi connectivity index (χ4v) is 1.73. The second-order valence-corrected chi connectivity index (χ2v) is 6.15. The molecule has 0 aromatic heterocycles. The normalized spacial score (nSPS) is 18.4. The monoisotopic (exact) mass is 283 g/mol. The molecule has 0 spiro atoms. The predicted octanol–water partition coefficient (Wildman–Crippen LogP) is 3.32. The number of hydrogen-bond donors (Lipinski definition) is 1. The van der Waals surface area contributed by atoms with E-state index in [2.05, 4.69) is 13.5 Å². The van der Waals surface area contributed by atoms with Crippen LogP contribution in [0.1, 0.15) is 40.5 Å². The number of rotatable bonds is 2. The standard InChI is InChI=1S/C11H21NO2.C4H8N2/c1-9-6-5-7-12(8-9)10(13)14-11(2,3)4;1-3-6(2)4-5/h9H,5-8H2,1-4H3;3-5H,1H2,2H3. The fraction of sp³-hybridized carbons (Fsp3) is 0.733. The molecule has 0 aliphatic carbocycles. The molecule has 20 heavy (non-hydrogen) atoms. The summed E-state index contributed by atoms with van der Waals surface area (Å²) in [5.74, 6) is 0.608. The van der Waals surface area contributed by atoms with Gasteiger partial charge in [0, 0.05) is 20.1 Å². The summed E-state index contributed by atoms with van der Waals surface area (Å²) in [7, 11) is 1.75. The van der Waals surface area contributed by atoms with E-state index in [4.69, 9.17) is 10.1 Å². The minimum Gasteiger partial charge on any atom is -0.444 e. The van der Waals surface area contributed by atoms with Crippen molar-refractivity contribution >= 4 is 12.4 Å². The molecule has 0 radical (unpaired) electrons. The van der Waals surface area contributed by atoms with Gasteiger partial charge in [0.25, 0.3) is 0 Å². The van der Waals surface area contributed by atoms with E-state index in [1.54, 1.807) is 18.1 Å². The average Bonchev–Trinajstić information content (AvgIpc) is 2.36. The van der Waals surface area contributed by atoms with Crippen LogP contribution in [0.2, 0.25) is 0 Å². The number of ether oxygens (including phenoxy) is 1. The third-order valence-electron chi connectivity index (χ3n) is 2.80. The zero-order valence-electron chi connectivity index (χ0n) is 13.5. The molecule has 1 amide bonds. The summed E-state index contributed by atoms with van der Waals surface area (Å²) < 4.78 is 5.31. The maximum absolute atomic E-state index is 11.7. The Morgan fingerprint density at radius 3 is 2.45 bits per heavy atom. The van der Waals surface area contributed by atoms with Crippen LogP contribution >= 0.6 is 0 Å². The lowest BCUT2D eigenvalue weighted by Crippen LogP contribution is -2.42. The van der Waals surface area contributed by atoms with Gasteiger partial charge in [0.1, 0.15) is 5.60 Å². The molecule has 1 aliphatic heterocycles. The highest BCUT2D eigenvalue weighted by molar-refractivity contribution is 5.68. The van der Waals surface area contributed by atoms with Crippen LogP contribution in [-0.2, 0) is 4.74 Å². The molecule has 1 heterocycles. The molecule has 5 heteroatoms. The Hall–Kier alpha value is -1.52. The van der Waals surface area contributed by atoms with E-state index in [1.165, 1.54) is 12.8 Å². The minimum absolute atomic E-state index is 0.163. The first-order valence-corrected chi connectivity index (χ1v) is 7.02. The van der Waals surface area contributed by atoms with E-state index in [-0.39, 0.29) is 11.7 Å². The van der Waals surface area contributed by atoms with E-state index in [9.17, 15) is 4.79 Å². The Labute approximate surface area is 123 Å². The highest BCUT2D eigenvalue weighted by Crippen LogP contribution is 2.18. The summed E-state index contributed by atoms with van der Waals surface area (Å²) in [4.78, 5) is 15.0. The first kappa shape index (κ1) is 18.5. The number of amides is 1. The Morgan fingerprint density at radius 2 is 2.10 bits per heavy atom. The van der Waals surface area contributed by atoms with Crippen LogP contribution in [0.5, 0.6) is 0 Å². The van der Waals surface area contributed by atoms with Crippen molar-refractivity contribution in [2.24, 2.45) is 5.92 Å². The van der Waals surface area contributed by atoms with Gasteiger partial charge in [0.05, 0.1) is 6.34 Å². The van der Waals surface area contributed by atoms with Gasteiger partial charge >= 0.3 is 6.09 Å². The molecule has 0 bridgehead atoms. The molecule has 116 valence electrons. The van der Waals surface area contributed by atoms with Gasteiger partial charge in [0.2, 0.25) is 0 Å². The van der Waals surface area contributed by atoms with Gasteiger partial charge in [-0.1, -0.05) is 13.5 Å². The van der Waals surface area contributed by atoms with E-state index in [0.717, 1.165) is 19.5 Å². The fourth-order valence-electron chi connectivity index (χ4n) is 1.73. The van der Waals surface area contributed by atoms with Crippen molar-refractivity contribution in [1.82, 2.24) is 9.80 Å². The van der Waals surface area contributed by atoms with Crippen LogP contribution in [-0.4, -0.2) is 48.0 Å². The SMILES string of the molecule is C=CN(C)C=N.CC1CCCN(C(=O)OC(C)(C)C)C1. The molecule has 5 nitrogen and oxygen atoms in total. The van der Waals surface area contributed by atoms with Crippen LogP contribution in [0, 0.1) is 11.3 Å². The quantitative estimate of drug-likeness (QED) is 0.625. The average molecular weight is 283 g/mol. The predicted molar refractivity (Wildman–Crippen MR) is 82.9 cm³/mol. The van der Waals surface area contributed by atoms with Crippen LogP contribution in [0.3, 0.4) is 0 Å². The number of piperidine rings is 1. The number of likely N-dealkylation sites (tertiary alicyclic amines) is 1. The first-order chi connectivity index (χ1) is 9.19. The first-order valence-electron chi connectivity index (χ1n) is 7.02. The zero-order valence-corrected chi connectivity index (χ0v) is 13.5. The van der Waals surface area contributed by atoms with E-state index in [1.807, 2.05) is 25.7 Å². The third-order valence-corrected chi connectivity index (χ3v) is 2.80. The van der Waals surface area contributed by atoms with Gasteiger partial charge in [-0.15, -0.1) is 0 Å². The Bertz CT molecular complexity index is 316. The molecular weight excluding hydrogens is 254 g/mol. The van der Waals surface area contributed by atoms with Crippen molar-refractivity contribution in [3.05, 3.63) is 12.8 Å². The molecule has 1 rings (SSSR count). The third kappa shape index (κ3) is 8.56. The maximum atomic E-state index is 11.7. The van der Waals surface area contributed by atoms with E-state index >= 15 is 0 Å². The molecule has 1 atom stereocenters. The summed E-state index contributed by atoms with van der Waals surface area (Å²) in [6.07, 6.45) is 4.91. The summed E-state index contributed by atoms with van der Waals surface area (Å²) in [6.45, 7) is 13.0. The lowest BCUT2D eigenvalue weighted by Gasteiger charge is -2.32. The lowest BCUT2D eigenvalue weighted by atomic mass is 10.0. The summed E-state index contributed by atoms with van der Waals surface area (Å²) in [6, 6.07) is 0. The Morgan fingerprint density at radius 1 is 1.50 bits per heavy atom.